The van der Waals surface area contributed by atoms with Crippen LogP contribution >= 0.6 is 0 Å². The fraction of sp³-hybridized carbons (Fsp3) is 0.702. The van der Waals surface area contributed by atoms with Gasteiger partial charge in [-0.05, 0) is 238 Å². The Morgan fingerprint density at radius 1 is 0.376 bits per heavy atom. The predicted molar refractivity (Wildman–Crippen MR) is 359 cm³/mol. The third-order valence-electron chi connectivity index (χ3n) is 32.2. The first-order valence-electron chi connectivity index (χ1n) is 37.6. The fourth-order valence-corrected chi connectivity index (χ4v) is 26.3. The van der Waals surface area contributed by atoms with Crippen molar-refractivity contribution in [2.75, 3.05) is 0 Å². The van der Waals surface area contributed by atoms with Gasteiger partial charge in [0.25, 0.3) is 0 Å². The zero-order chi connectivity index (χ0) is 65.0. The molecule has 10 fully saturated rings. The van der Waals surface area contributed by atoms with Gasteiger partial charge < -0.3 is 9.47 Å². The van der Waals surface area contributed by atoms with Crippen LogP contribution in [0.4, 0.5) is 0 Å². The summed E-state index contributed by atoms with van der Waals surface area (Å²) in [6.07, 6.45) is 50.1. The summed E-state index contributed by atoms with van der Waals surface area (Å²) in [5, 5.41) is 0. The second-order valence-electron chi connectivity index (χ2n) is 36.0. The number of carbonyl (C=O) groups is 7. The van der Waals surface area contributed by atoms with E-state index in [2.05, 4.69) is 98.8 Å². The maximum atomic E-state index is 12.4. The largest absolute Gasteiger partial charge is 0.458 e. The van der Waals surface area contributed by atoms with Crippen molar-refractivity contribution in [1.82, 2.24) is 0 Å². The minimum absolute atomic E-state index is 0.00303. The van der Waals surface area contributed by atoms with Gasteiger partial charge in [0.05, 0.1) is 0 Å². The fourth-order valence-electron chi connectivity index (χ4n) is 26.3. The average Bonchev–Trinajstić information content (AvgIpc) is 1.54. The summed E-state index contributed by atoms with van der Waals surface area (Å²) in [4.78, 5) is 84.3. The summed E-state index contributed by atoms with van der Waals surface area (Å²) in [6, 6.07) is 0. The molecule has 0 amide bonds. The molecule has 0 aromatic carbocycles. The monoisotopic (exact) mass is 1260 g/mol. The van der Waals surface area contributed by atoms with Crippen molar-refractivity contribution in [3.63, 3.8) is 0 Å². The topological polar surface area (TPSA) is 138 Å². The zero-order valence-corrected chi connectivity index (χ0v) is 57.9. The molecule has 0 N–H and O–H groups in total. The summed E-state index contributed by atoms with van der Waals surface area (Å²) in [5.41, 5.74) is 13.9. The van der Waals surface area contributed by atoms with Crippen LogP contribution in [0.25, 0.3) is 0 Å². The molecule has 9 nitrogen and oxygen atoms in total. The lowest BCUT2D eigenvalue weighted by atomic mass is 9.50. The van der Waals surface area contributed by atoms with Crippen LogP contribution < -0.4 is 0 Å². The summed E-state index contributed by atoms with van der Waals surface area (Å²) in [5.74, 6) is 8.16. The molecule has 2 spiro atoms. The Kier molecular flexibility index (Phi) is 14.3. The highest BCUT2D eigenvalue weighted by Gasteiger charge is 2.71. The molecule has 0 aromatic rings. The van der Waals surface area contributed by atoms with Crippen LogP contribution in [0, 0.1) is 102 Å². The number of rotatable bonds is 0. The van der Waals surface area contributed by atoms with Gasteiger partial charge in [-0.3, -0.25) is 33.6 Å². The van der Waals surface area contributed by atoms with E-state index in [4.69, 9.17) is 9.47 Å². The first kappa shape index (κ1) is 62.7. The Bertz CT molecular complexity index is 3680. The van der Waals surface area contributed by atoms with E-state index in [1.807, 2.05) is 18.2 Å². The van der Waals surface area contributed by atoms with E-state index in [-0.39, 0.29) is 66.5 Å². The van der Waals surface area contributed by atoms with Crippen molar-refractivity contribution >= 4 is 40.9 Å². The number of fused-ring (bicyclic) bond motifs is 25. The molecule has 20 atom stereocenters. The van der Waals surface area contributed by atoms with Crippen LogP contribution in [0.1, 0.15) is 255 Å². The van der Waals surface area contributed by atoms with E-state index >= 15 is 0 Å². The molecule has 93 heavy (non-hydrogen) atoms. The molecule has 18 unspecified atom stereocenters. The first-order valence-corrected chi connectivity index (χ1v) is 37.6. The van der Waals surface area contributed by atoms with Crippen LogP contribution in [0.5, 0.6) is 0 Å². The number of ether oxygens (including phenoxy) is 2. The Hall–Kier alpha value is -5.05. The van der Waals surface area contributed by atoms with Crippen LogP contribution in [-0.4, -0.2) is 52.1 Å². The van der Waals surface area contributed by atoms with Crippen molar-refractivity contribution < 1.29 is 43.0 Å². The first-order chi connectivity index (χ1) is 44.2. The molecule has 19 aliphatic rings. The van der Waals surface area contributed by atoms with Crippen LogP contribution in [0.2, 0.25) is 0 Å². The number of hydrogen-bond donors (Lipinski definition) is 0. The van der Waals surface area contributed by atoms with Crippen LogP contribution in [-0.2, 0) is 43.0 Å². The van der Waals surface area contributed by atoms with Crippen molar-refractivity contribution in [2.45, 2.75) is 266 Å². The molecule has 8 saturated carbocycles. The number of allylic oxidation sites excluding steroid dienone is 18. The molecule has 19 rings (SSSR count). The van der Waals surface area contributed by atoms with E-state index in [1.165, 1.54) is 54.4 Å². The number of carbonyl (C=O) groups excluding carboxylic acids is 7. The van der Waals surface area contributed by atoms with E-state index in [1.54, 1.807) is 27.9 Å². The van der Waals surface area contributed by atoms with Gasteiger partial charge in [-0.1, -0.05) is 136 Å². The summed E-state index contributed by atoms with van der Waals surface area (Å²) < 4.78 is 12.0. The lowest BCUT2D eigenvalue weighted by molar-refractivity contribution is -0.161. The third-order valence-corrected chi connectivity index (χ3v) is 32.2. The van der Waals surface area contributed by atoms with Crippen molar-refractivity contribution in [3.05, 3.63) is 105 Å². The SMILES string of the molecule is CC12CCC(=O)C=C1C1CC1C1C2=CCC2(C)C1CC[C@@]21CCC(=O)O1.CC12CCC(=O)C=C1CCC1C2=CCC2(C)C(=O)CCC12.CC12CCC(=O)C=C1CCC1C2=CCC2(C)C1CC[C@@]21CCC(=O)O1.CC1=CC2=CCC3C(=CCC4(C)C(=O)CCC34)C2(C)CC1. The molecule has 0 radical (unpaired) electrons. The standard InChI is InChI=1S/C23H28O3.C22H28O3.C20H26O.C19H24O2/c1-21-7-3-13(24)11-18(21)14-12-15(14)20-16(21)4-8-22(2)17(20)5-9-23(22)10-6-19(25)26-23;1-20-9-5-15(23)13-14(20)3-4-16-17(20)6-10-21(2)18(16)7-11-22(21)12-8-19(24)25-22;1-13-8-10-19(2)14(12-13)4-5-15-16-6-7-18(21)20(16,3)11-9-17(15)19;1-18-9-7-13(20)11-12(18)3-4-14-15-5-6-17(21)19(15,2)10-8-16(14)18/h4,11,14-15,17,20H,3,5-10,12H2,1-2H3;6,13,16,18H,3-5,7-12H2,1-2H3;4,9,12,15-16H,5-8,10-11H2,1-3H3;8,11,14-15H,3-7,9-10H2,1-2H3/t14?,15?,17?,20?,21?,22?,23-;16?,18?,20?,21?,22-;;/m11../s1. The summed E-state index contributed by atoms with van der Waals surface area (Å²) in [7, 11) is 0. The zero-order valence-electron chi connectivity index (χ0n) is 57.9. The number of ketones is 5. The third kappa shape index (κ3) is 8.87. The minimum atomic E-state index is -0.212. The Morgan fingerprint density at radius 3 is 1.41 bits per heavy atom. The molecule has 9 heteroatoms. The molecule has 2 heterocycles. The quantitative estimate of drug-likeness (QED) is 0.171. The maximum Gasteiger partial charge on any atom is 0.306 e. The van der Waals surface area contributed by atoms with Gasteiger partial charge in [0, 0.05) is 88.3 Å². The lowest BCUT2D eigenvalue weighted by Gasteiger charge is -2.54. The number of esters is 2. The van der Waals surface area contributed by atoms with E-state index < -0.39 is 0 Å². The van der Waals surface area contributed by atoms with E-state index in [0.29, 0.717) is 114 Å². The van der Waals surface area contributed by atoms with E-state index in [9.17, 15) is 33.6 Å². The van der Waals surface area contributed by atoms with Gasteiger partial charge >= 0.3 is 11.9 Å². The van der Waals surface area contributed by atoms with Gasteiger partial charge in [-0.15, -0.1) is 0 Å². The van der Waals surface area contributed by atoms with E-state index in [0.717, 1.165) is 134 Å². The van der Waals surface area contributed by atoms with Crippen molar-refractivity contribution in [3.8, 4) is 0 Å². The Labute approximate surface area is 554 Å². The Morgan fingerprint density at radius 2 is 0.849 bits per heavy atom. The second-order valence-corrected chi connectivity index (χ2v) is 36.0. The van der Waals surface area contributed by atoms with Crippen molar-refractivity contribution in [2.24, 2.45) is 102 Å². The molecule has 17 aliphatic carbocycles. The highest BCUT2D eigenvalue weighted by atomic mass is 16.6. The average molecular weight is 1260 g/mol. The van der Waals surface area contributed by atoms with Gasteiger partial charge in [-0.25, -0.2) is 0 Å². The number of hydrogen-bond acceptors (Lipinski definition) is 9. The molecular weight excluding hydrogens is 1150 g/mol. The highest BCUT2D eigenvalue weighted by molar-refractivity contribution is 5.94. The highest BCUT2D eigenvalue weighted by Crippen LogP contribution is 2.75. The molecule has 2 aliphatic heterocycles. The summed E-state index contributed by atoms with van der Waals surface area (Å²) in [6.45, 7) is 21.0. The molecular formula is C84H106O9. The molecule has 496 valence electrons. The van der Waals surface area contributed by atoms with Gasteiger partial charge in [0.1, 0.15) is 22.8 Å². The van der Waals surface area contributed by atoms with Gasteiger partial charge in [0.15, 0.2) is 17.3 Å². The molecule has 0 bridgehead atoms. The predicted octanol–water partition coefficient (Wildman–Crippen LogP) is 17.9. The number of Topliss-reactive ketones (excluding diaryl/α,β-unsaturated/α-hetero) is 2. The Balaban J connectivity index is 0.0000000988. The normalized spacial score (nSPS) is 48.5. The maximum absolute atomic E-state index is 12.4. The molecule has 2 saturated heterocycles. The van der Waals surface area contributed by atoms with Crippen LogP contribution in [0.3, 0.4) is 0 Å². The van der Waals surface area contributed by atoms with Crippen molar-refractivity contribution in [1.29, 1.82) is 0 Å². The van der Waals surface area contributed by atoms with Gasteiger partial charge in [-0.2, -0.15) is 0 Å². The van der Waals surface area contributed by atoms with Crippen LogP contribution in [0.15, 0.2) is 105 Å². The molecule has 0 aromatic heterocycles. The summed E-state index contributed by atoms with van der Waals surface area (Å²) >= 11 is 0. The lowest BCUT2D eigenvalue weighted by Crippen LogP contribution is -2.51. The minimum Gasteiger partial charge on any atom is -0.458 e. The second kappa shape index (κ2) is 21.2. The van der Waals surface area contributed by atoms with Gasteiger partial charge in [0.2, 0.25) is 0 Å². The smallest absolute Gasteiger partial charge is 0.306 e.